The van der Waals surface area contributed by atoms with Crippen molar-refractivity contribution in [3.05, 3.63) is 48.6 Å². The summed E-state index contributed by atoms with van der Waals surface area (Å²) in [7, 11) is 0. The van der Waals surface area contributed by atoms with Gasteiger partial charge in [-0.3, -0.25) is 14.1 Å². The lowest BCUT2D eigenvalue weighted by atomic mass is 10.4. The average molecular weight is 667 g/mol. The third-order valence-corrected chi connectivity index (χ3v) is 1.16. The van der Waals surface area contributed by atoms with E-state index >= 15 is 0 Å². The van der Waals surface area contributed by atoms with Crippen LogP contribution in [-0.2, 0) is 0 Å². The van der Waals surface area contributed by atoms with E-state index in [4.69, 9.17) is 0 Å². The fourth-order valence-electron chi connectivity index (χ4n) is 0. The standard InChI is InChI=1S/C3H4F4.C3H3F3.C3H6F2.2C3H4F2.C3H5F.4CH4.3FH.H3P/c1-3(6,7)2(4)5;1-2(4)3(5)6;3*1-3(5)2-4;1-3(2)4;;;;;;;;/h2H,1H3;1H3;3H,2H2,1H3;2*2H,1H3;1H2,2H3;4*1H4;3*1H;1H3/b;;;2*3-2+;;;;;;;;;. The van der Waals surface area contributed by atoms with Crippen molar-refractivity contribution in [2.24, 2.45) is 0 Å². The first-order valence-corrected chi connectivity index (χ1v) is 7.83. The van der Waals surface area contributed by atoms with E-state index in [9.17, 15) is 61.5 Å². The van der Waals surface area contributed by atoms with Crippen molar-refractivity contribution in [1.29, 1.82) is 0 Å². The Labute approximate surface area is 231 Å². The first kappa shape index (κ1) is 90.3. The molecule has 0 aliphatic rings. The lowest BCUT2D eigenvalue weighted by Crippen LogP contribution is -2.20. The lowest BCUT2D eigenvalue weighted by molar-refractivity contribution is -0.113. The van der Waals surface area contributed by atoms with E-state index < -0.39 is 48.8 Å². The summed E-state index contributed by atoms with van der Waals surface area (Å²) in [6.07, 6.45) is -7.22. The molecule has 0 heterocycles. The maximum Gasteiger partial charge on any atom is 0.304 e. The first-order valence-electron chi connectivity index (χ1n) is 7.83. The number of halogens is 17. The molecule has 2 atom stereocenters. The van der Waals surface area contributed by atoms with Crippen LogP contribution < -0.4 is 0 Å². The summed E-state index contributed by atoms with van der Waals surface area (Å²) in [6.45, 7) is 7.48. The van der Waals surface area contributed by atoms with Crippen LogP contribution >= 0.6 is 9.90 Å². The predicted octanol–water partition coefficient (Wildman–Crippen LogP) is 13.4. The van der Waals surface area contributed by atoms with Gasteiger partial charge in [-0.1, -0.05) is 36.3 Å². The van der Waals surface area contributed by atoms with Gasteiger partial charge in [-0.2, -0.15) is 18.7 Å². The zero-order valence-corrected chi connectivity index (χ0v) is 21.4. The van der Waals surface area contributed by atoms with Crippen molar-refractivity contribution < 1.29 is 75.6 Å². The average Bonchev–Trinajstić information content (AvgIpc) is 2.62. The highest BCUT2D eigenvalue weighted by atomic mass is 31.0. The molecule has 0 aromatic carbocycles. The molecule has 260 valence electrons. The lowest BCUT2D eigenvalue weighted by Gasteiger charge is -2.05. The second kappa shape index (κ2) is 61.3. The minimum Gasteiger partial charge on any atom is -0.269 e. The molecule has 0 aromatic heterocycles. The Balaban J connectivity index is -0.0000000164. The van der Waals surface area contributed by atoms with Gasteiger partial charge in [-0.15, -0.1) is 0 Å². The summed E-state index contributed by atoms with van der Waals surface area (Å²) >= 11 is 0. The van der Waals surface area contributed by atoms with Crippen molar-refractivity contribution >= 4 is 9.90 Å². The quantitative estimate of drug-likeness (QED) is 0.203. The Morgan fingerprint density at radius 3 is 0.825 bits per heavy atom. The molecule has 18 heteroatoms. The Morgan fingerprint density at radius 2 is 0.825 bits per heavy atom. The number of rotatable bonds is 2. The highest BCUT2D eigenvalue weighted by molar-refractivity contribution is 6.92. The molecule has 0 fully saturated rings. The topological polar surface area (TPSA) is 0 Å². The van der Waals surface area contributed by atoms with Crippen LogP contribution in [0.1, 0.15) is 71.2 Å². The molecular weight excluding hydrogens is 618 g/mol. The maximum atomic E-state index is 11.1. The Bertz CT molecular complexity index is 470. The van der Waals surface area contributed by atoms with E-state index in [1.165, 1.54) is 13.8 Å². The van der Waals surface area contributed by atoms with Gasteiger partial charge in [0.25, 0.3) is 0 Å². The second-order valence-electron chi connectivity index (χ2n) is 5.05. The summed E-state index contributed by atoms with van der Waals surface area (Å²) in [6, 6.07) is 0. The summed E-state index contributed by atoms with van der Waals surface area (Å²) in [5.74, 6) is -7.15. The summed E-state index contributed by atoms with van der Waals surface area (Å²) in [5, 5.41) is 0. The summed E-state index contributed by atoms with van der Waals surface area (Å²) in [5.41, 5.74) is 0. The van der Waals surface area contributed by atoms with Gasteiger partial charge in [-0.25, -0.2) is 52.7 Å². The molecule has 2 unspecified atom stereocenters. The van der Waals surface area contributed by atoms with Gasteiger partial charge in [0.05, 0.1) is 5.83 Å². The largest absolute Gasteiger partial charge is 0.304 e. The third-order valence-electron chi connectivity index (χ3n) is 1.16. The zero-order chi connectivity index (χ0) is 27.7. The predicted molar refractivity (Wildman–Crippen MR) is 143 cm³/mol. The van der Waals surface area contributed by atoms with Gasteiger partial charge in [0.2, 0.25) is 0 Å². The molecule has 0 saturated carbocycles. The summed E-state index contributed by atoms with van der Waals surface area (Å²) in [4.78, 5) is 0. The van der Waals surface area contributed by atoms with Crippen molar-refractivity contribution in [2.75, 3.05) is 6.67 Å². The maximum absolute atomic E-state index is 11.1. The van der Waals surface area contributed by atoms with Crippen LogP contribution in [0.15, 0.2) is 48.6 Å². The molecule has 0 aromatic rings. The van der Waals surface area contributed by atoms with Crippen LogP contribution in [0.3, 0.4) is 0 Å². The molecule has 0 aliphatic heterocycles. The molecule has 0 nitrogen and oxygen atoms in total. The number of allylic oxidation sites excluding steroid dienone is 4. The normalized spacial score (nSPS) is 9.03. The molecule has 0 radical (unpaired) electrons. The molecule has 0 N–H and O–H groups in total. The molecule has 0 aliphatic carbocycles. The van der Waals surface area contributed by atoms with E-state index in [1.54, 1.807) is 0 Å². The van der Waals surface area contributed by atoms with Crippen LogP contribution in [0.25, 0.3) is 0 Å². The van der Waals surface area contributed by atoms with Gasteiger partial charge in [0.1, 0.15) is 37.2 Å². The molecule has 0 spiro atoms. The Kier molecular flexibility index (Phi) is 138. The van der Waals surface area contributed by atoms with E-state index in [0.717, 1.165) is 13.8 Å². The van der Waals surface area contributed by atoms with Crippen LogP contribution in [0.5, 0.6) is 0 Å². The smallest absolute Gasteiger partial charge is 0.269 e. The van der Waals surface area contributed by atoms with E-state index in [-0.39, 0.29) is 79.1 Å². The summed E-state index contributed by atoms with van der Waals surface area (Å²) < 4.78 is 152. The van der Waals surface area contributed by atoms with Crippen LogP contribution in [0.4, 0.5) is 75.6 Å². The molecule has 0 rings (SSSR count). The van der Waals surface area contributed by atoms with Crippen molar-refractivity contribution in [1.82, 2.24) is 0 Å². The molecule has 0 amide bonds. The fraction of sp³-hybridized carbons (Fsp3) is 0.636. The van der Waals surface area contributed by atoms with Gasteiger partial charge >= 0.3 is 18.4 Å². The van der Waals surface area contributed by atoms with Crippen molar-refractivity contribution in [3.63, 3.8) is 0 Å². The van der Waals surface area contributed by atoms with Crippen LogP contribution in [0, 0.1) is 0 Å². The minimum atomic E-state index is -3.83. The monoisotopic (exact) mass is 666 g/mol. The molecular formula is C22H48F17P. The molecule has 40 heavy (non-hydrogen) atoms. The third kappa shape index (κ3) is 222. The number of alkyl halides is 6. The van der Waals surface area contributed by atoms with Gasteiger partial charge < -0.3 is 0 Å². The highest BCUT2D eigenvalue weighted by Gasteiger charge is 2.33. The SMILES string of the molecule is C.C.C.C.C/C(F)=C\F.C/C(F)=C\F.C=C(C)F.CC(F)(F)C(F)F.CC(F)=C(F)F.CC(F)CF.F.F.F.P. The number of hydrogen-bond donors (Lipinski definition) is 0. The van der Waals surface area contributed by atoms with E-state index in [1.807, 2.05) is 0 Å². The van der Waals surface area contributed by atoms with Gasteiger partial charge in [0.15, 0.2) is 5.83 Å². The molecule has 0 bridgehead atoms. The van der Waals surface area contributed by atoms with E-state index in [2.05, 4.69) is 6.58 Å². The van der Waals surface area contributed by atoms with Crippen molar-refractivity contribution in [3.8, 4) is 0 Å². The first-order chi connectivity index (χ1) is 14.1. The second-order valence-corrected chi connectivity index (χ2v) is 5.05. The Morgan fingerprint density at radius 1 is 0.725 bits per heavy atom. The van der Waals surface area contributed by atoms with Crippen LogP contribution in [0.2, 0.25) is 0 Å². The van der Waals surface area contributed by atoms with Crippen LogP contribution in [-0.4, -0.2) is 25.2 Å². The Hall–Kier alpha value is -1.80. The van der Waals surface area contributed by atoms with Gasteiger partial charge in [-0.05, 0) is 34.6 Å². The van der Waals surface area contributed by atoms with E-state index in [0.29, 0.717) is 6.92 Å². The number of hydrogen-bond acceptors (Lipinski definition) is 0. The van der Waals surface area contributed by atoms with Crippen molar-refractivity contribution in [2.45, 2.75) is 89.8 Å². The minimum absolute atomic E-state index is 0. The van der Waals surface area contributed by atoms with Gasteiger partial charge in [0, 0.05) is 6.92 Å². The fourth-order valence-corrected chi connectivity index (χ4v) is 0. The molecule has 0 saturated heterocycles. The zero-order valence-electron chi connectivity index (χ0n) is 19.9. The highest BCUT2D eigenvalue weighted by Crippen LogP contribution is 2.20.